The second-order valence-corrected chi connectivity index (χ2v) is 8.14. The molecule has 28 heavy (non-hydrogen) atoms. The molecule has 0 bridgehead atoms. The van der Waals surface area contributed by atoms with Crippen molar-refractivity contribution in [2.75, 3.05) is 26.2 Å². The van der Waals surface area contributed by atoms with Crippen LogP contribution < -0.4 is 10.6 Å². The second kappa shape index (κ2) is 10.3. The largest absolute Gasteiger partial charge is 0.444 e. The van der Waals surface area contributed by atoms with Crippen molar-refractivity contribution >= 4 is 12.1 Å². The third-order valence-corrected chi connectivity index (χ3v) is 4.41. The molecule has 1 atom stereocenters. The van der Waals surface area contributed by atoms with Crippen LogP contribution in [0.2, 0.25) is 0 Å². The molecule has 0 aromatic heterocycles. The number of ether oxygens (including phenoxy) is 1. The summed E-state index contributed by atoms with van der Waals surface area (Å²) in [6, 6.07) is 6.36. The van der Waals surface area contributed by atoms with Crippen molar-refractivity contribution in [1.29, 1.82) is 0 Å². The molecule has 6 nitrogen and oxygen atoms in total. The number of hydrogen-bond acceptors (Lipinski definition) is 3. The highest BCUT2D eigenvalue weighted by Gasteiger charge is 2.27. The maximum Gasteiger partial charge on any atom is 0.410 e. The smallest absolute Gasteiger partial charge is 0.410 e. The van der Waals surface area contributed by atoms with Crippen molar-refractivity contribution in [3.8, 4) is 0 Å². The summed E-state index contributed by atoms with van der Waals surface area (Å²) in [6.07, 6.45) is 1.78. The fourth-order valence-electron chi connectivity index (χ4n) is 3.07. The number of nitrogens with zero attached hydrogens (tertiary/aromatic N) is 2. The van der Waals surface area contributed by atoms with Crippen LogP contribution >= 0.6 is 0 Å². The van der Waals surface area contributed by atoms with Gasteiger partial charge in [0.25, 0.3) is 0 Å². The minimum absolute atomic E-state index is 0.242. The average Bonchev–Trinajstić information content (AvgIpc) is 2.64. The summed E-state index contributed by atoms with van der Waals surface area (Å²) in [6.45, 7) is 11.0. The van der Waals surface area contributed by atoms with Crippen LogP contribution in [0.1, 0.15) is 46.1 Å². The van der Waals surface area contributed by atoms with Crippen molar-refractivity contribution < 1.29 is 13.9 Å². The molecule has 0 radical (unpaired) electrons. The van der Waals surface area contributed by atoms with Crippen molar-refractivity contribution in [3.63, 3.8) is 0 Å². The van der Waals surface area contributed by atoms with Gasteiger partial charge in [-0.05, 0) is 64.2 Å². The molecule has 1 aliphatic rings. The Labute approximate surface area is 167 Å². The number of likely N-dealkylation sites (tertiary alicyclic amines) is 1. The fraction of sp³-hybridized carbons (Fsp3) is 0.619. The standard InChI is InChI=1S/C21H33FN4O2/c1-5-23-19(24-13-16-8-10-18(22)11-9-16)25-14-17-7-6-12-26(15-17)20(27)28-21(2,3)4/h8-11,17H,5-7,12-15H2,1-4H3,(H2,23,24,25). The van der Waals surface area contributed by atoms with E-state index >= 15 is 0 Å². The molecule has 0 saturated carbocycles. The summed E-state index contributed by atoms with van der Waals surface area (Å²) in [5.74, 6) is 0.821. The van der Waals surface area contributed by atoms with E-state index in [-0.39, 0.29) is 11.9 Å². The van der Waals surface area contributed by atoms with Crippen LogP contribution in [-0.2, 0) is 11.3 Å². The molecule has 1 unspecified atom stereocenters. The van der Waals surface area contributed by atoms with Gasteiger partial charge >= 0.3 is 6.09 Å². The molecule has 2 N–H and O–H groups in total. The highest BCUT2D eigenvalue weighted by molar-refractivity contribution is 5.79. The van der Waals surface area contributed by atoms with Crippen LogP contribution in [0.25, 0.3) is 0 Å². The summed E-state index contributed by atoms with van der Waals surface area (Å²) in [4.78, 5) is 18.7. The zero-order valence-corrected chi connectivity index (χ0v) is 17.4. The van der Waals surface area contributed by atoms with Crippen LogP contribution in [0.4, 0.5) is 9.18 Å². The normalized spacial score (nSPS) is 18.0. The van der Waals surface area contributed by atoms with E-state index in [1.165, 1.54) is 12.1 Å². The number of halogens is 1. The molecule has 1 aromatic carbocycles. The summed E-state index contributed by atoms with van der Waals surface area (Å²) >= 11 is 0. The highest BCUT2D eigenvalue weighted by Crippen LogP contribution is 2.18. The molecule has 156 valence electrons. The van der Waals surface area contributed by atoms with Gasteiger partial charge in [0.2, 0.25) is 0 Å². The molecule has 1 aromatic rings. The van der Waals surface area contributed by atoms with Crippen LogP contribution in [0.3, 0.4) is 0 Å². The molecular weight excluding hydrogens is 359 g/mol. The van der Waals surface area contributed by atoms with Gasteiger partial charge in [-0.3, -0.25) is 0 Å². The maximum absolute atomic E-state index is 13.0. The molecule has 1 saturated heterocycles. The van der Waals surface area contributed by atoms with E-state index in [0.717, 1.165) is 44.0 Å². The van der Waals surface area contributed by atoms with E-state index in [2.05, 4.69) is 15.6 Å². The van der Waals surface area contributed by atoms with Crippen LogP contribution in [0, 0.1) is 11.7 Å². The molecular formula is C21H33FN4O2. The third-order valence-electron chi connectivity index (χ3n) is 4.41. The van der Waals surface area contributed by atoms with E-state index in [0.29, 0.717) is 19.0 Å². The Balaban J connectivity index is 1.87. The van der Waals surface area contributed by atoms with Crippen LogP contribution in [-0.4, -0.2) is 48.7 Å². The Morgan fingerprint density at radius 1 is 1.29 bits per heavy atom. The molecule has 1 amide bonds. The highest BCUT2D eigenvalue weighted by atomic mass is 19.1. The monoisotopic (exact) mass is 392 g/mol. The quantitative estimate of drug-likeness (QED) is 0.594. The lowest BCUT2D eigenvalue weighted by Crippen LogP contribution is -2.47. The Hall–Kier alpha value is -2.31. The number of benzene rings is 1. The Kier molecular flexibility index (Phi) is 8.08. The molecule has 1 fully saturated rings. The van der Waals surface area contributed by atoms with Gasteiger partial charge in [0, 0.05) is 26.2 Å². The lowest BCUT2D eigenvalue weighted by atomic mass is 9.98. The first kappa shape index (κ1) is 22.0. The minimum atomic E-state index is -0.479. The second-order valence-electron chi connectivity index (χ2n) is 8.14. The predicted octanol–water partition coefficient (Wildman–Crippen LogP) is 3.53. The van der Waals surface area contributed by atoms with Crippen molar-refractivity contribution in [2.45, 2.75) is 52.7 Å². The number of piperidine rings is 1. The van der Waals surface area contributed by atoms with Gasteiger partial charge in [0.1, 0.15) is 11.4 Å². The van der Waals surface area contributed by atoms with Gasteiger partial charge in [-0.15, -0.1) is 0 Å². The van der Waals surface area contributed by atoms with Gasteiger partial charge in [-0.25, -0.2) is 14.2 Å². The summed E-state index contributed by atoms with van der Waals surface area (Å²) < 4.78 is 18.5. The first-order valence-electron chi connectivity index (χ1n) is 10.0. The number of aliphatic imine (C=N–C) groups is 1. The summed E-state index contributed by atoms with van der Waals surface area (Å²) in [5.41, 5.74) is 0.473. The van der Waals surface area contributed by atoms with E-state index in [4.69, 9.17) is 4.74 Å². The first-order chi connectivity index (χ1) is 13.3. The van der Waals surface area contributed by atoms with E-state index in [9.17, 15) is 9.18 Å². The molecule has 1 aliphatic heterocycles. The summed E-state index contributed by atoms with van der Waals surface area (Å²) in [7, 11) is 0. The van der Waals surface area contributed by atoms with E-state index in [1.54, 1.807) is 17.0 Å². The SMILES string of the molecule is CCNC(=NCc1ccc(F)cc1)NCC1CCCN(C(=O)OC(C)(C)C)C1. The number of carbonyl (C=O) groups is 1. The first-order valence-corrected chi connectivity index (χ1v) is 10.0. The van der Waals surface area contributed by atoms with Gasteiger partial charge < -0.3 is 20.3 Å². The van der Waals surface area contributed by atoms with Crippen molar-refractivity contribution in [3.05, 3.63) is 35.6 Å². The van der Waals surface area contributed by atoms with Gasteiger partial charge in [0.15, 0.2) is 5.96 Å². The molecule has 2 rings (SSSR count). The number of carbonyl (C=O) groups excluding carboxylic acids is 1. The zero-order chi connectivity index (χ0) is 20.6. The Morgan fingerprint density at radius 2 is 2.00 bits per heavy atom. The lowest BCUT2D eigenvalue weighted by Gasteiger charge is -2.34. The number of guanidine groups is 1. The van der Waals surface area contributed by atoms with Crippen molar-refractivity contribution in [2.24, 2.45) is 10.9 Å². The molecule has 7 heteroatoms. The molecule has 0 aliphatic carbocycles. The number of rotatable bonds is 5. The molecule has 1 heterocycles. The van der Waals surface area contributed by atoms with Crippen LogP contribution in [0.5, 0.6) is 0 Å². The van der Waals surface area contributed by atoms with Gasteiger partial charge in [-0.2, -0.15) is 0 Å². The number of hydrogen-bond donors (Lipinski definition) is 2. The maximum atomic E-state index is 13.0. The average molecular weight is 393 g/mol. The van der Waals surface area contributed by atoms with Crippen LogP contribution in [0.15, 0.2) is 29.3 Å². The predicted molar refractivity (Wildman–Crippen MR) is 110 cm³/mol. The number of nitrogens with one attached hydrogen (secondary N) is 2. The Bertz CT molecular complexity index is 655. The van der Waals surface area contributed by atoms with Gasteiger partial charge in [-0.1, -0.05) is 12.1 Å². The number of amides is 1. The van der Waals surface area contributed by atoms with Crippen molar-refractivity contribution in [1.82, 2.24) is 15.5 Å². The topological polar surface area (TPSA) is 66.0 Å². The third kappa shape index (κ3) is 7.74. The fourth-order valence-corrected chi connectivity index (χ4v) is 3.07. The van der Waals surface area contributed by atoms with E-state index < -0.39 is 5.60 Å². The molecule has 0 spiro atoms. The van der Waals surface area contributed by atoms with Gasteiger partial charge in [0.05, 0.1) is 6.54 Å². The van der Waals surface area contributed by atoms with E-state index in [1.807, 2.05) is 27.7 Å². The Morgan fingerprint density at radius 3 is 2.64 bits per heavy atom. The summed E-state index contributed by atoms with van der Waals surface area (Å²) in [5, 5.41) is 6.59. The minimum Gasteiger partial charge on any atom is -0.444 e. The lowest BCUT2D eigenvalue weighted by molar-refractivity contribution is 0.0168. The zero-order valence-electron chi connectivity index (χ0n) is 17.4.